The summed E-state index contributed by atoms with van der Waals surface area (Å²) in [7, 11) is 1.57. The lowest BCUT2D eigenvalue weighted by Gasteiger charge is -2.11. The molecule has 2 amide bonds. The molecule has 0 fully saturated rings. The van der Waals surface area contributed by atoms with Gasteiger partial charge in [-0.3, -0.25) is 9.59 Å². The van der Waals surface area contributed by atoms with Gasteiger partial charge in [-0.25, -0.2) is 4.98 Å². The van der Waals surface area contributed by atoms with Crippen molar-refractivity contribution in [2.75, 3.05) is 18.9 Å². The van der Waals surface area contributed by atoms with E-state index in [0.29, 0.717) is 35.5 Å². The number of amides is 2. The van der Waals surface area contributed by atoms with E-state index < -0.39 is 0 Å². The molecule has 0 bridgehead atoms. The zero-order valence-corrected chi connectivity index (χ0v) is 13.3. The van der Waals surface area contributed by atoms with E-state index in [-0.39, 0.29) is 11.8 Å². The fourth-order valence-electron chi connectivity index (χ4n) is 1.99. The van der Waals surface area contributed by atoms with Crippen LogP contribution < -0.4 is 16.4 Å². The molecule has 6 nitrogen and oxygen atoms in total. The molecule has 1 aromatic heterocycles. The molecule has 0 aliphatic rings. The fourth-order valence-corrected chi connectivity index (χ4v) is 2.79. The van der Waals surface area contributed by atoms with Gasteiger partial charge in [-0.15, -0.1) is 11.3 Å². The Bertz CT molecular complexity index is 697. The Hall–Kier alpha value is -2.25. The maximum atomic E-state index is 12.2. The maximum Gasteiger partial charge on any atom is 0.275 e. The van der Waals surface area contributed by atoms with Crippen molar-refractivity contribution < 1.29 is 9.59 Å². The van der Waals surface area contributed by atoms with Gasteiger partial charge < -0.3 is 16.4 Å². The first-order valence-corrected chi connectivity index (χ1v) is 7.72. The van der Waals surface area contributed by atoms with Crippen LogP contribution in [0.5, 0.6) is 0 Å². The van der Waals surface area contributed by atoms with Crippen molar-refractivity contribution >= 4 is 28.8 Å². The molecule has 1 aromatic carbocycles. The Labute approximate surface area is 132 Å². The first-order valence-electron chi connectivity index (χ1n) is 6.84. The number of nitrogens with two attached hydrogens (primary N) is 1. The van der Waals surface area contributed by atoms with Gasteiger partial charge >= 0.3 is 0 Å². The number of hydrogen-bond donors (Lipinski definition) is 3. The highest BCUT2D eigenvalue weighted by Crippen LogP contribution is 2.20. The summed E-state index contributed by atoms with van der Waals surface area (Å²) in [5, 5.41) is 7.92. The van der Waals surface area contributed by atoms with Gasteiger partial charge in [0.25, 0.3) is 11.8 Å². The van der Waals surface area contributed by atoms with Crippen LogP contribution in [-0.2, 0) is 6.42 Å². The minimum atomic E-state index is -0.295. The molecule has 0 radical (unpaired) electrons. The molecule has 2 aromatic rings. The third-order valence-corrected chi connectivity index (χ3v) is 4.10. The largest absolute Gasteiger partial charge is 0.355 e. The second kappa shape index (κ2) is 7.15. The zero-order valence-electron chi connectivity index (χ0n) is 12.5. The molecule has 0 saturated heterocycles. The standard InChI is InChI=1S/C15H18N4O2S/c1-9-10(14(20)17-2)4-3-5-11(9)19-15(21)12-8-22-13(18-12)6-7-16/h3-5,8H,6-7,16H2,1-2H3,(H,17,20)(H,19,21). The predicted octanol–water partition coefficient (Wildman–Crippen LogP) is 1.56. The molecule has 0 unspecified atom stereocenters. The quantitative estimate of drug-likeness (QED) is 0.779. The second-order valence-corrected chi connectivity index (χ2v) is 5.62. The molecule has 116 valence electrons. The molecule has 0 aliphatic carbocycles. The van der Waals surface area contributed by atoms with Crippen LogP contribution in [0.1, 0.15) is 31.4 Å². The van der Waals surface area contributed by atoms with Crippen LogP contribution in [0.15, 0.2) is 23.6 Å². The number of carbonyl (C=O) groups excluding carboxylic acids is 2. The smallest absolute Gasteiger partial charge is 0.275 e. The summed E-state index contributed by atoms with van der Waals surface area (Å²) in [5.74, 6) is -0.482. The Kier molecular flexibility index (Phi) is 5.24. The van der Waals surface area contributed by atoms with Crippen LogP contribution in [0.25, 0.3) is 0 Å². The summed E-state index contributed by atoms with van der Waals surface area (Å²) < 4.78 is 0. The second-order valence-electron chi connectivity index (χ2n) is 4.68. The summed E-state index contributed by atoms with van der Waals surface area (Å²) in [6, 6.07) is 5.20. The van der Waals surface area contributed by atoms with Crippen molar-refractivity contribution in [1.29, 1.82) is 0 Å². The van der Waals surface area contributed by atoms with Gasteiger partial charge in [-0.1, -0.05) is 6.07 Å². The summed E-state index contributed by atoms with van der Waals surface area (Å²) in [5.41, 5.74) is 7.68. The van der Waals surface area contributed by atoms with E-state index in [1.165, 1.54) is 11.3 Å². The molecule has 4 N–H and O–H groups in total. The van der Waals surface area contributed by atoms with Crippen molar-refractivity contribution in [3.05, 3.63) is 45.4 Å². The zero-order chi connectivity index (χ0) is 16.1. The number of nitrogens with zero attached hydrogens (tertiary/aromatic N) is 1. The van der Waals surface area contributed by atoms with E-state index in [9.17, 15) is 9.59 Å². The molecular weight excluding hydrogens is 300 g/mol. The van der Waals surface area contributed by atoms with Crippen LogP contribution in [0.4, 0.5) is 5.69 Å². The van der Waals surface area contributed by atoms with Crippen molar-refractivity contribution in [1.82, 2.24) is 10.3 Å². The van der Waals surface area contributed by atoms with Crippen molar-refractivity contribution in [3.63, 3.8) is 0 Å². The lowest BCUT2D eigenvalue weighted by atomic mass is 10.1. The predicted molar refractivity (Wildman–Crippen MR) is 87.4 cm³/mol. The highest BCUT2D eigenvalue weighted by molar-refractivity contribution is 7.09. The number of hydrogen-bond acceptors (Lipinski definition) is 5. The molecule has 0 saturated carbocycles. The fraction of sp³-hybridized carbons (Fsp3) is 0.267. The van der Waals surface area contributed by atoms with Crippen LogP contribution in [0.2, 0.25) is 0 Å². The molecular formula is C15H18N4O2S. The van der Waals surface area contributed by atoms with Gasteiger partial charge in [-0.05, 0) is 31.2 Å². The Balaban J connectivity index is 2.19. The molecule has 0 atom stereocenters. The molecule has 0 aliphatic heterocycles. The first kappa shape index (κ1) is 16.1. The maximum absolute atomic E-state index is 12.2. The average molecular weight is 318 g/mol. The number of rotatable bonds is 5. The minimum Gasteiger partial charge on any atom is -0.355 e. The molecule has 2 rings (SSSR count). The van der Waals surface area contributed by atoms with Crippen LogP contribution in [0.3, 0.4) is 0 Å². The molecule has 7 heteroatoms. The first-order chi connectivity index (χ1) is 10.6. The van der Waals surface area contributed by atoms with Gasteiger partial charge in [0.2, 0.25) is 0 Å². The van der Waals surface area contributed by atoms with E-state index in [1.807, 2.05) is 0 Å². The van der Waals surface area contributed by atoms with Crippen LogP contribution in [0, 0.1) is 6.92 Å². The normalized spacial score (nSPS) is 10.3. The SMILES string of the molecule is CNC(=O)c1cccc(NC(=O)c2csc(CCN)n2)c1C. The number of carbonyl (C=O) groups is 2. The topological polar surface area (TPSA) is 97.1 Å². The van der Waals surface area contributed by atoms with Crippen LogP contribution >= 0.6 is 11.3 Å². The van der Waals surface area contributed by atoms with Gasteiger partial charge in [0, 0.05) is 30.1 Å². The molecule has 22 heavy (non-hydrogen) atoms. The van der Waals surface area contributed by atoms with Gasteiger partial charge in [0.15, 0.2) is 0 Å². The Morgan fingerprint density at radius 2 is 2.09 bits per heavy atom. The lowest BCUT2D eigenvalue weighted by molar-refractivity contribution is 0.0960. The van der Waals surface area contributed by atoms with E-state index >= 15 is 0 Å². The third kappa shape index (κ3) is 3.49. The number of anilines is 1. The number of nitrogens with one attached hydrogen (secondary N) is 2. The summed E-state index contributed by atoms with van der Waals surface area (Å²) in [6.45, 7) is 2.29. The lowest BCUT2D eigenvalue weighted by Crippen LogP contribution is -2.20. The van der Waals surface area contributed by atoms with Crippen molar-refractivity contribution in [2.24, 2.45) is 5.73 Å². The Morgan fingerprint density at radius 3 is 2.77 bits per heavy atom. The summed E-state index contributed by atoms with van der Waals surface area (Å²) in [6.07, 6.45) is 0.656. The van der Waals surface area contributed by atoms with E-state index in [0.717, 1.165) is 5.01 Å². The van der Waals surface area contributed by atoms with Crippen molar-refractivity contribution in [3.8, 4) is 0 Å². The molecule has 1 heterocycles. The van der Waals surface area contributed by atoms with Gasteiger partial charge in [-0.2, -0.15) is 0 Å². The van der Waals surface area contributed by atoms with Crippen LogP contribution in [-0.4, -0.2) is 30.4 Å². The van der Waals surface area contributed by atoms with Gasteiger partial charge in [0.05, 0.1) is 5.01 Å². The number of benzene rings is 1. The highest BCUT2D eigenvalue weighted by Gasteiger charge is 2.15. The number of thiazole rings is 1. The number of aromatic nitrogens is 1. The van der Waals surface area contributed by atoms with E-state index in [2.05, 4.69) is 15.6 Å². The van der Waals surface area contributed by atoms with Gasteiger partial charge in [0.1, 0.15) is 5.69 Å². The summed E-state index contributed by atoms with van der Waals surface area (Å²) >= 11 is 1.41. The van der Waals surface area contributed by atoms with Crippen molar-refractivity contribution in [2.45, 2.75) is 13.3 Å². The minimum absolute atomic E-state index is 0.188. The monoisotopic (exact) mass is 318 g/mol. The average Bonchev–Trinajstić information content (AvgIpc) is 2.98. The molecule has 0 spiro atoms. The van der Waals surface area contributed by atoms with E-state index in [4.69, 9.17) is 5.73 Å². The van der Waals surface area contributed by atoms with E-state index in [1.54, 1.807) is 37.6 Å². The highest BCUT2D eigenvalue weighted by atomic mass is 32.1. The summed E-state index contributed by atoms with van der Waals surface area (Å²) in [4.78, 5) is 28.3. The third-order valence-electron chi connectivity index (χ3n) is 3.20. The Morgan fingerprint density at radius 1 is 1.32 bits per heavy atom.